The van der Waals surface area contributed by atoms with Crippen LogP contribution in [0.5, 0.6) is 0 Å². The zero-order valence-electron chi connectivity index (χ0n) is 23.0. The summed E-state index contributed by atoms with van der Waals surface area (Å²) in [6.07, 6.45) is -13.3. The van der Waals surface area contributed by atoms with E-state index in [9.17, 15) is 58.5 Å². The van der Waals surface area contributed by atoms with Gasteiger partial charge in [-0.05, 0) is 72.9 Å². The van der Waals surface area contributed by atoms with Crippen LogP contribution in [-0.4, -0.2) is 55.6 Å². The van der Waals surface area contributed by atoms with Crippen LogP contribution in [0.15, 0.2) is 71.6 Å². The highest BCUT2D eigenvalue weighted by atomic mass is 32.2. The number of halogens is 8. The number of nitrogens with zero attached hydrogens (tertiary/aromatic N) is 1. The number of aliphatic hydroxyl groups excluding tert-OH is 1. The van der Waals surface area contributed by atoms with Crippen molar-refractivity contribution in [2.24, 2.45) is 0 Å². The molecule has 3 N–H and O–H groups in total. The largest absolute Gasteiger partial charge is 0.430 e. The van der Waals surface area contributed by atoms with E-state index < -0.39 is 81.1 Å². The van der Waals surface area contributed by atoms with Crippen molar-refractivity contribution < 1.29 is 58.5 Å². The fraction of sp³-hybridized carbons (Fsp3) is 0.345. The summed E-state index contributed by atoms with van der Waals surface area (Å²) in [6.45, 7) is -0.543. The summed E-state index contributed by atoms with van der Waals surface area (Å²) in [5.74, 6) is -2.04. The number of aryl methyl sites for hydroxylation is 1. The first kappa shape index (κ1) is 34.1. The number of hydrogen-bond acceptors (Lipinski definition) is 5. The van der Waals surface area contributed by atoms with E-state index in [2.05, 4.69) is 5.32 Å². The van der Waals surface area contributed by atoms with Crippen LogP contribution < -0.4 is 9.62 Å². The van der Waals surface area contributed by atoms with Gasteiger partial charge in [0.15, 0.2) is 0 Å². The summed E-state index contributed by atoms with van der Waals surface area (Å²) in [4.78, 5) is 12.6. The number of fused-ring (bicyclic) bond motifs is 1. The first-order valence-electron chi connectivity index (χ1n) is 13.3. The third kappa shape index (κ3) is 6.92. The lowest BCUT2D eigenvalue weighted by molar-refractivity contribution is -0.376. The van der Waals surface area contributed by atoms with E-state index in [4.69, 9.17) is 0 Å². The van der Waals surface area contributed by atoms with E-state index in [0.29, 0.717) is 28.1 Å². The van der Waals surface area contributed by atoms with Crippen molar-refractivity contribution in [2.75, 3.05) is 10.9 Å². The Labute approximate surface area is 252 Å². The number of alkyl halides is 6. The Hall–Kier alpha value is -3.76. The molecule has 244 valence electrons. The molecule has 0 bridgehead atoms. The van der Waals surface area contributed by atoms with Crippen LogP contribution in [0.3, 0.4) is 0 Å². The SMILES string of the molecule is O=C(C[C@@H]1CCc2cc(C(O)(C(F)(F)F)C(F)(F)F)ccc2N1S(=O)(=O)c1ccc(F)cc1)N[C@H](CO)Cc1ccc(F)cc1. The average molecular weight is 667 g/mol. The molecule has 0 aromatic heterocycles. The van der Waals surface area contributed by atoms with E-state index >= 15 is 0 Å². The molecule has 1 aliphatic rings. The quantitative estimate of drug-likeness (QED) is 0.282. The van der Waals surface area contributed by atoms with Crippen LogP contribution in [0, 0.1) is 11.6 Å². The number of nitrogens with one attached hydrogen (secondary N) is 1. The second-order valence-electron chi connectivity index (χ2n) is 10.5. The monoisotopic (exact) mass is 666 g/mol. The van der Waals surface area contributed by atoms with Crippen LogP contribution in [0.4, 0.5) is 40.8 Å². The molecule has 0 saturated carbocycles. The van der Waals surface area contributed by atoms with Crippen molar-refractivity contribution >= 4 is 21.6 Å². The van der Waals surface area contributed by atoms with Crippen LogP contribution in [-0.2, 0) is 33.3 Å². The van der Waals surface area contributed by atoms with Crippen molar-refractivity contribution in [1.82, 2.24) is 5.32 Å². The Morgan fingerprint density at radius 2 is 1.47 bits per heavy atom. The first-order chi connectivity index (χ1) is 20.9. The van der Waals surface area contributed by atoms with Gasteiger partial charge in [-0.1, -0.05) is 24.3 Å². The smallest absolute Gasteiger partial charge is 0.394 e. The van der Waals surface area contributed by atoms with Crippen LogP contribution in [0.1, 0.15) is 29.5 Å². The molecule has 7 nitrogen and oxygen atoms in total. The molecule has 4 rings (SSSR count). The molecule has 2 atom stereocenters. The van der Waals surface area contributed by atoms with E-state index in [1.807, 2.05) is 0 Å². The van der Waals surface area contributed by atoms with Gasteiger partial charge in [-0.15, -0.1) is 0 Å². The van der Waals surface area contributed by atoms with E-state index in [0.717, 1.165) is 24.3 Å². The van der Waals surface area contributed by atoms with Crippen LogP contribution >= 0.6 is 0 Å². The molecule has 0 fully saturated rings. The lowest BCUT2D eigenvalue weighted by atomic mass is 9.87. The Bertz CT molecular complexity index is 1610. The molecule has 0 spiro atoms. The maximum absolute atomic E-state index is 13.8. The number of carbonyl (C=O) groups excluding carboxylic acids is 1. The molecular weight excluding hydrogens is 640 g/mol. The van der Waals surface area contributed by atoms with Crippen LogP contribution in [0.2, 0.25) is 0 Å². The van der Waals surface area contributed by atoms with Crippen molar-refractivity contribution in [3.05, 3.63) is 95.1 Å². The second kappa shape index (κ2) is 12.6. The number of amides is 1. The van der Waals surface area contributed by atoms with Gasteiger partial charge in [0.2, 0.25) is 5.91 Å². The molecule has 0 unspecified atom stereocenters. The number of anilines is 1. The molecule has 1 aliphatic heterocycles. The Balaban J connectivity index is 1.71. The third-order valence-electron chi connectivity index (χ3n) is 7.41. The minimum Gasteiger partial charge on any atom is -0.394 e. The standard InChI is InChI=1S/C29H26F8N2O5S/c30-20-5-1-17(2-6-20)13-22(16-40)38-26(41)15-23-9-3-18-14-19(27(42,28(32,33)34)29(35,36)37)4-12-25(18)39(23)45(43,44)24-10-7-21(31)8-11-24/h1-2,4-8,10-12,14,22-23,40,42H,3,9,13,15-16H2,(H,38,41)/t22-,23-/m0/s1. The highest BCUT2D eigenvalue weighted by Gasteiger charge is 2.71. The predicted octanol–water partition coefficient (Wildman–Crippen LogP) is 4.90. The fourth-order valence-corrected chi connectivity index (χ4v) is 6.86. The number of rotatable bonds is 9. The highest BCUT2D eigenvalue weighted by molar-refractivity contribution is 7.92. The highest BCUT2D eigenvalue weighted by Crippen LogP contribution is 2.51. The van der Waals surface area contributed by atoms with E-state index in [1.165, 1.54) is 24.3 Å². The van der Waals surface area contributed by atoms with Gasteiger partial charge < -0.3 is 15.5 Å². The number of hydrogen-bond donors (Lipinski definition) is 3. The first-order valence-corrected chi connectivity index (χ1v) is 14.8. The average Bonchev–Trinajstić information content (AvgIpc) is 2.96. The van der Waals surface area contributed by atoms with Gasteiger partial charge in [0.1, 0.15) is 11.6 Å². The summed E-state index contributed by atoms with van der Waals surface area (Å²) in [7, 11) is -4.68. The third-order valence-corrected chi connectivity index (χ3v) is 9.29. The van der Waals surface area contributed by atoms with Gasteiger partial charge in [-0.25, -0.2) is 17.2 Å². The van der Waals surface area contributed by atoms with Gasteiger partial charge >= 0.3 is 12.4 Å². The summed E-state index contributed by atoms with van der Waals surface area (Å²) in [5, 5.41) is 22.2. The van der Waals surface area contributed by atoms with Gasteiger partial charge in [0.05, 0.1) is 29.3 Å². The molecular formula is C29H26F8N2O5S. The summed E-state index contributed by atoms with van der Waals surface area (Å²) < 4.78 is 136. The van der Waals surface area contributed by atoms with Crippen molar-refractivity contribution in [3.8, 4) is 0 Å². The molecule has 3 aromatic rings. The number of aliphatic hydroxyl groups is 2. The summed E-state index contributed by atoms with van der Waals surface area (Å²) in [6, 6.07) is 8.03. The molecule has 1 amide bonds. The van der Waals surface area contributed by atoms with E-state index in [-0.39, 0.29) is 30.5 Å². The van der Waals surface area contributed by atoms with Crippen molar-refractivity contribution in [3.63, 3.8) is 0 Å². The zero-order chi connectivity index (χ0) is 33.4. The maximum Gasteiger partial charge on any atom is 0.430 e. The fourth-order valence-electron chi connectivity index (χ4n) is 5.15. The van der Waals surface area contributed by atoms with Crippen molar-refractivity contribution in [2.45, 2.75) is 60.6 Å². The second-order valence-corrected chi connectivity index (χ2v) is 12.3. The molecule has 0 aliphatic carbocycles. The molecule has 0 saturated heterocycles. The molecule has 45 heavy (non-hydrogen) atoms. The lowest BCUT2D eigenvalue weighted by Crippen LogP contribution is -2.54. The molecule has 1 heterocycles. The Kier molecular flexibility index (Phi) is 9.52. The van der Waals surface area contributed by atoms with Gasteiger partial charge in [-0.3, -0.25) is 9.10 Å². The minimum absolute atomic E-state index is 0.0811. The maximum atomic E-state index is 13.8. The number of sulfonamides is 1. The predicted molar refractivity (Wildman–Crippen MR) is 144 cm³/mol. The summed E-state index contributed by atoms with van der Waals surface area (Å²) in [5.41, 5.74) is -6.90. The Morgan fingerprint density at radius 1 is 0.911 bits per heavy atom. The van der Waals surface area contributed by atoms with Gasteiger partial charge in [0.25, 0.3) is 15.6 Å². The minimum atomic E-state index is -6.17. The van der Waals surface area contributed by atoms with Gasteiger partial charge in [-0.2, -0.15) is 26.3 Å². The van der Waals surface area contributed by atoms with Crippen LogP contribution in [0.25, 0.3) is 0 Å². The lowest BCUT2D eigenvalue weighted by Gasteiger charge is -2.39. The zero-order valence-corrected chi connectivity index (χ0v) is 23.9. The topological polar surface area (TPSA) is 107 Å². The van der Waals surface area contributed by atoms with Crippen molar-refractivity contribution in [1.29, 1.82) is 0 Å². The number of carbonyl (C=O) groups is 1. The number of benzene rings is 3. The molecule has 16 heteroatoms. The van der Waals surface area contributed by atoms with E-state index in [1.54, 1.807) is 0 Å². The Morgan fingerprint density at radius 3 is 2.00 bits per heavy atom. The van der Waals surface area contributed by atoms with Gasteiger partial charge in [0, 0.05) is 12.0 Å². The summed E-state index contributed by atoms with van der Waals surface area (Å²) >= 11 is 0. The molecule has 0 radical (unpaired) electrons. The normalized spacial score (nSPS) is 16.7. The molecule has 3 aromatic carbocycles.